The molecule has 0 bridgehead atoms. The van der Waals surface area contributed by atoms with Crippen LogP contribution in [0.4, 0.5) is 5.82 Å². The van der Waals surface area contributed by atoms with Gasteiger partial charge >= 0.3 is 0 Å². The van der Waals surface area contributed by atoms with Crippen LogP contribution in [0.15, 0.2) is 23.2 Å². The summed E-state index contributed by atoms with van der Waals surface area (Å²) in [5.41, 5.74) is 1.53. The first kappa shape index (κ1) is 15.2. The van der Waals surface area contributed by atoms with Crippen LogP contribution < -0.4 is 11.3 Å². The molecular formula is C12H20N4O3S. The monoisotopic (exact) mass is 300 g/mol. The Morgan fingerprint density at radius 3 is 2.90 bits per heavy atom. The minimum Gasteiger partial charge on any atom is -0.390 e. The summed E-state index contributed by atoms with van der Waals surface area (Å²) < 4.78 is 26.5. The maximum atomic E-state index is 12.6. The van der Waals surface area contributed by atoms with E-state index < -0.39 is 15.6 Å². The summed E-state index contributed by atoms with van der Waals surface area (Å²) in [6.45, 7) is 2.46. The lowest BCUT2D eigenvalue weighted by Crippen LogP contribution is -2.33. The Labute approximate surface area is 118 Å². The van der Waals surface area contributed by atoms with Gasteiger partial charge in [0, 0.05) is 25.4 Å². The molecule has 0 aromatic carbocycles. The second kappa shape index (κ2) is 5.65. The van der Waals surface area contributed by atoms with Crippen LogP contribution in [0, 0.1) is 0 Å². The van der Waals surface area contributed by atoms with E-state index in [4.69, 9.17) is 5.84 Å². The van der Waals surface area contributed by atoms with E-state index in [-0.39, 0.29) is 4.90 Å². The van der Waals surface area contributed by atoms with Gasteiger partial charge in [0.1, 0.15) is 5.82 Å². The second-order valence-electron chi connectivity index (χ2n) is 5.28. The lowest BCUT2D eigenvalue weighted by Gasteiger charge is -2.22. The fraction of sp³-hybridized carbons (Fsp3) is 0.583. The zero-order valence-electron chi connectivity index (χ0n) is 11.4. The van der Waals surface area contributed by atoms with Crippen LogP contribution in [-0.4, -0.2) is 41.5 Å². The Hall–Kier alpha value is -1.22. The summed E-state index contributed by atoms with van der Waals surface area (Å²) in [5, 5.41) is 10.0. The third kappa shape index (κ3) is 3.26. The number of aromatic nitrogens is 1. The lowest BCUT2D eigenvalue weighted by molar-refractivity contribution is 0.0465. The molecule has 1 fully saturated rings. The minimum atomic E-state index is -3.58. The number of anilines is 1. The highest BCUT2D eigenvalue weighted by Gasteiger charge is 2.31. The number of nitrogens with one attached hydrogen (secondary N) is 1. The van der Waals surface area contributed by atoms with Crippen LogP contribution >= 0.6 is 0 Å². The van der Waals surface area contributed by atoms with Crippen LogP contribution in [0.2, 0.25) is 0 Å². The van der Waals surface area contributed by atoms with Crippen molar-refractivity contribution in [2.45, 2.75) is 36.7 Å². The molecule has 2 rings (SSSR count). The molecule has 0 radical (unpaired) electrons. The molecule has 7 nitrogen and oxygen atoms in total. The van der Waals surface area contributed by atoms with Crippen molar-refractivity contribution in [3.05, 3.63) is 18.3 Å². The average Bonchev–Trinajstić information content (AvgIpc) is 2.60. The van der Waals surface area contributed by atoms with Gasteiger partial charge in [0.25, 0.3) is 0 Å². The van der Waals surface area contributed by atoms with Gasteiger partial charge in [-0.05, 0) is 32.3 Å². The van der Waals surface area contributed by atoms with Crippen LogP contribution in [0.3, 0.4) is 0 Å². The minimum absolute atomic E-state index is 0.155. The van der Waals surface area contributed by atoms with E-state index in [2.05, 4.69) is 10.4 Å². The molecule has 0 amide bonds. The van der Waals surface area contributed by atoms with E-state index in [0.717, 1.165) is 0 Å². The molecule has 1 aromatic rings. The zero-order chi connectivity index (χ0) is 14.8. The standard InChI is InChI=1S/C12H20N4O3S/c1-12(17)4-2-7-16(8-5-12)20(18,19)10-3-6-14-11(9-10)15-13/h3,6,9,17H,2,4-5,7-8,13H2,1H3,(H,14,15). The van der Waals surface area contributed by atoms with Crippen LogP contribution in [0.25, 0.3) is 0 Å². The molecule has 20 heavy (non-hydrogen) atoms. The summed E-state index contributed by atoms with van der Waals surface area (Å²) >= 11 is 0. The molecule has 1 aliphatic heterocycles. The smallest absolute Gasteiger partial charge is 0.243 e. The topological polar surface area (TPSA) is 109 Å². The molecule has 0 aliphatic carbocycles. The Kier molecular flexibility index (Phi) is 4.28. The van der Waals surface area contributed by atoms with Crippen molar-refractivity contribution < 1.29 is 13.5 Å². The molecular weight excluding hydrogens is 280 g/mol. The summed E-state index contributed by atoms with van der Waals surface area (Å²) in [4.78, 5) is 4.05. The average molecular weight is 300 g/mol. The van der Waals surface area contributed by atoms with Gasteiger partial charge in [-0.25, -0.2) is 19.2 Å². The first-order chi connectivity index (χ1) is 9.35. The van der Waals surface area contributed by atoms with Crippen molar-refractivity contribution in [2.24, 2.45) is 5.84 Å². The van der Waals surface area contributed by atoms with Gasteiger partial charge in [-0.3, -0.25) is 0 Å². The van der Waals surface area contributed by atoms with Crippen LogP contribution in [0.5, 0.6) is 0 Å². The number of rotatable bonds is 3. The van der Waals surface area contributed by atoms with Crippen molar-refractivity contribution in [1.29, 1.82) is 0 Å². The van der Waals surface area contributed by atoms with Crippen LogP contribution in [-0.2, 0) is 10.0 Å². The Morgan fingerprint density at radius 2 is 2.20 bits per heavy atom. The molecule has 4 N–H and O–H groups in total. The number of sulfonamides is 1. The van der Waals surface area contributed by atoms with Crippen LogP contribution in [0.1, 0.15) is 26.2 Å². The van der Waals surface area contributed by atoms with Crippen molar-refractivity contribution in [2.75, 3.05) is 18.5 Å². The van der Waals surface area contributed by atoms with Crippen molar-refractivity contribution in [3.8, 4) is 0 Å². The molecule has 0 spiro atoms. The Morgan fingerprint density at radius 1 is 1.45 bits per heavy atom. The van der Waals surface area contributed by atoms with Gasteiger partial charge in [-0.2, -0.15) is 4.31 Å². The normalized spacial score (nSPS) is 25.1. The number of nitrogen functional groups attached to an aromatic ring is 1. The van der Waals surface area contributed by atoms with Gasteiger partial charge in [0.15, 0.2) is 0 Å². The molecule has 0 saturated carbocycles. The van der Waals surface area contributed by atoms with Gasteiger partial charge in [-0.1, -0.05) is 0 Å². The molecule has 1 unspecified atom stereocenters. The highest BCUT2D eigenvalue weighted by Crippen LogP contribution is 2.26. The van der Waals surface area contributed by atoms with E-state index in [1.54, 1.807) is 6.92 Å². The number of nitrogens with zero attached hydrogens (tertiary/aromatic N) is 2. The first-order valence-corrected chi connectivity index (χ1v) is 7.94. The maximum absolute atomic E-state index is 12.6. The van der Waals surface area contributed by atoms with Crippen molar-refractivity contribution in [3.63, 3.8) is 0 Å². The van der Waals surface area contributed by atoms with E-state index >= 15 is 0 Å². The molecule has 1 atom stereocenters. The third-order valence-electron chi connectivity index (χ3n) is 3.54. The van der Waals surface area contributed by atoms with Gasteiger partial charge in [0.2, 0.25) is 10.0 Å². The van der Waals surface area contributed by atoms with E-state index in [9.17, 15) is 13.5 Å². The first-order valence-electron chi connectivity index (χ1n) is 6.50. The van der Waals surface area contributed by atoms with Gasteiger partial charge < -0.3 is 10.5 Å². The van der Waals surface area contributed by atoms with Crippen molar-refractivity contribution in [1.82, 2.24) is 9.29 Å². The SMILES string of the molecule is CC1(O)CCCN(S(=O)(=O)c2ccnc(NN)c2)CC1. The third-order valence-corrected chi connectivity index (χ3v) is 5.43. The van der Waals surface area contributed by atoms with E-state index in [1.165, 1.54) is 22.6 Å². The maximum Gasteiger partial charge on any atom is 0.243 e. The fourth-order valence-electron chi connectivity index (χ4n) is 2.28. The van der Waals surface area contributed by atoms with E-state index in [1.807, 2.05) is 0 Å². The quantitative estimate of drug-likeness (QED) is 0.547. The number of hydrazine groups is 1. The number of nitrogens with two attached hydrogens (primary N) is 1. The summed E-state index contributed by atoms with van der Waals surface area (Å²) in [5.74, 6) is 5.55. The van der Waals surface area contributed by atoms with Gasteiger partial charge in [-0.15, -0.1) is 0 Å². The number of hydrogen-bond acceptors (Lipinski definition) is 6. The Bertz CT molecular complexity index is 574. The molecule has 1 saturated heterocycles. The summed E-state index contributed by atoms with van der Waals surface area (Å²) in [6.07, 6.45) is 3.07. The molecule has 1 aliphatic rings. The van der Waals surface area contributed by atoms with Gasteiger partial charge in [0.05, 0.1) is 10.5 Å². The highest BCUT2D eigenvalue weighted by atomic mass is 32.2. The molecule has 112 valence electrons. The largest absolute Gasteiger partial charge is 0.390 e. The highest BCUT2D eigenvalue weighted by molar-refractivity contribution is 7.89. The fourth-order valence-corrected chi connectivity index (χ4v) is 3.77. The van der Waals surface area contributed by atoms with E-state index in [0.29, 0.717) is 38.2 Å². The molecule has 8 heteroatoms. The summed E-state index contributed by atoms with van der Waals surface area (Å²) in [6, 6.07) is 2.84. The van der Waals surface area contributed by atoms with Crippen molar-refractivity contribution >= 4 is 15.8 Å². The predicted octanol–water partition coefficient (Wildman–Crippen LogP) is 0.293. The molecule has 1 aromatic heterocycles. The number of hydrogen-bond donors (Lipinski definition) is 3. The zero-order valence-corrected chi connectivity index (χ0v) is 12.2. The second-order valence-corrected chi connectivity index (χ2v) is 7.21. The lowest BCUT2D eigenvalue weighted by atomic mass is 9.98. The number of pyridine rings is 1. The summed E-state index contributed by atoms with van der Waals surface area (Å²) in [7, 11) is -3.58. The number of aliphatic hydroxyl groups is 1. The Balaban J connectivity index is 2.25. The molecule has 2 heterocycles. The predicted molar refractivity (Wildman–Crippen MR) is 75.3 cm³/mol.